The van der Waals surface area contributed by atoms with Crippen LogP contribution in [0.3, 0.4) is 0 Å². The summed E-state index contributed by atoms with van der Waals surface area (Å²) in [6.45, 7) is -0.878. The molecule has 150 valence electrons. The van der Waals surface area contributed by atoms with Crippen molar-refractivity contribution in [2.24, 2.45) is 5.41 Å². The molecule has 1 saturated heterocycles. The third kappa shape index (κ3) is 3.32. The van der Waals surface area contributed by atoms with Gasteiger partial charge in [0.25, 0.3) is 5.91 Å². The molecule has 0 N–H and O–H groups in total. The van der Waals surface area contributed by atoms with Gasteiger partial charge < -0.3 is 14.4 Å². The standard InChI is InChI=1S/C18H17F4N3O3/c19-12-2-1-3-14(6-12)28-8-13-7-15-16(26)24(4-5-25(15)23-13)9-17(10-27-11-17)18(20,21)22/h1-3,6-7H,4-5,8-11H2. The number of carbonyl (C=O) groups excluding carboxylic acids is 1. The highest BCUT2D eigenvalue weighted by Crippen LogP contribution is 2.45. The number of halogens is 4. The summed E-state index contributed by atoms with van der Waals surface area (Å²) in [5.74, 6) is -0.631. The molecule has 0 radical (unpaired) electrons. The number of benzene rings is 1. The van der Waals surface area contributed by atoms with Crippen molar-refractivity contribution < 1.29 is 31.8 Å². The van der Waals surface area contributed by atoms with Crippen molar-refractivity contribution in [2.45, 2.75) is 19.3 Å². The van der Waals surface area contributed by atoms with Crippen LogP contribution in [0.1, 0.15) is 16.2 Å². The zero-order valence-electron chi connectivity index (χ0n) is 14.7. The molecule has 3 heterocycles. The van der Waals surface area contributed by atoms with Gasteiger partial charge in [0.2, 0.25) is 0 Å². The van der Waals surface area contributed by atoms with Crippen LogP contribution in [0, 0.1) is 11.2 Å². The smallest absolute Gasteiger partial charge is 0.400 e. The SMILES string of the molecule is O=C1c2cc(COc3cccc(F)c3)nn2CCN1CC1(C(F)(F)F)COC1. The molecule has 0 atom stereocenters. The van der Waals surface area contributed by atoms with E-state index in [0.29, 0.717) is 11.4 Å². The molecule has 0 aliphatic carbocycles. The molecule has 4 rings (SSSR count). The predicted octanol–water partition coefficient (Wildman–Crippen LogP) is 2.64. The summed E-state index contributed by atoms with van der Waals surface area (Å²) in [6, 6.07) is 7.09. The van der Waals surface area contributed by atoms with Gasteiger partial charge in [0.1, 0.15) is 35.0 Å². The lowest BCUT2D eigenvalue weighted by Gasteiger charge is -2.45. The summed E-state index contributed by atoms with van der Waals surface area (Å²) in [7, 11) is 0. The van der Waals surface area contributed by atoms with Gasteiger partial charge in [0.15, 0.2) is 0 Å². The van der Waals surface area contributed by atoms with Gasteiger partial charge in [-0.3, -0.25) is 9.48 Å². The summed E-state index contributed by atoms with van der Waals surface area (Å²) < 4.78 is 64.9. The van der Waals surface area contributed by atoms with Crippen LogP contribution in [-0.2, 0) is 17.9 Å². The number of alkyl halides is 3. The number of hydrogen-bond donors (Lipinski definition) is 0. The van der Waals surface area contributed by atoms with Crippen molar-refractivity contribution in [3.05, 3.63) is 47.5 Å². The summed E-state index contributed by atoms with van der Waals surface area (Å²) in [6.07, 6.45) is -4.44. The first kappa shape index (κ1) is 18.7. The van der Waals surface area contributed by atoms with E-state index < -0.39 is 43.1 Å². The van der Waals surface area contributed by atoms with E-state index in [0.717, 1.165) is 0 Å². The maximum absolute atomic E-state index is 13.3. The fourth-order valence-electron chi connectivity index (χ4n) is 3.29. The van der Waals surface area contributed by atoms with Crippen LogP contribution >= 0.6 is 0 Å². The fraction of sp³-hybridized carbons (Fsp3) is 0.444. The molecule has 28 heavy (non-hydrogen) atoms. The largest absolute Gasteiger partial charge is 0.487 e. The van der Waals surface area contributed by atoms with Crippen LogP contribution in [0.15, 0.2) is 30.3 Å². The van der Waals surface area contributed by atoms with Gasteiger partial charge in [-0.05, 0) is 18.2 Å². The van der Waals surface area contributed by atoms with Gasteiger partial charge in [-0.25, -0.2) is 4.39 Å². The number of fused-ring (bicyclic) bond motifs is 1. The molecule has 2 aliphatic heterocycles. The van der Waals surface area contributed by atoms with E-state index >= 15 is 0 Å². The van der Waals surface area contributed by atoms with Crippen molar-refractivity contribution in [1.29, 1.82) is 0 Å². The minimum atomic E-state index is -4.44. The lowest BCUT2D eigenvalue weighted by atomic mass is 9.84. The molecule has 2 aromatic rings. The van der Waals surface area contributed by atoms with Gasteiger partial charge >= 0.3 is 6.18 Å². The topological polar surface area (TPSA) is 56.6 Å². The van der Waals surface area contributed by atoms with Crippen LogP contribution in [0.2, 0.25) is 0 Å². The average molecular weight is 399 g/mol. The van der Waals surface area contributed by atoms with Gasteiger partial charge in [-0.1, -0.05) is 6.07 Å². The van der Waals surface area contributed by atoms with E-state index in [4.69, 9.17) is 9.47 Å². The molecule has 1 aromatic carbocycles. The fourth-order valence-corrected chi connectivity index (χ4v) is 3.29. The minimum absolute atomic E-state index is 0.0110. The average Bonchev–Trinajstić information content (AvgIpc) is 3.01. The molecular formula is C18H17F4N3O3. The van der Waals surface area contributed by atoms with Crippen molar-refractivity contribution in [2.75, 3.05) is 26.3 Å². The first-order valence-corrected chi connectivity index (χ1v) is 8.66. The molecular weight excluding hydrogens is 382 g/mol. The molecule has 0 saturated carbocycles. The van der Waals surface area contributed by atoms with E-state index in [-0.39, 0.29) is 25.4 Å². The second-order valence-electron chi connectivity index (χ2n) is 6.99. The van der Waals surface area contributed by atoms with Crippen molar-refractivity contribution in [3.63, 3.8) is 0 Å². The number of rotatable bonds is 5. The molecule has 2 aliphatic rings. The van der Waals surface area contributed by atoms with Gasteiger partial charge in [0, 0.05) is 19.2 Å². The molecule has 0 bridgehead atoms. The molecule has 1 amide bonds. The Hall–Kier alpha value is -2.62. The van der Waals surface area contributed by atoms with Gasteiger partial charge in [0.05, 0.1) is 19.8 Å². The zero-order chi connectivity index (χ0) is 19.9. The second kappa shape index (κ2) is 6.77. The zero-order valence-corrected chi connectivity index (χ0v) is 14.7. The Labute approximate surface area is 157 Å². The summed E-state index contributed by atoms with van der Waals surface area (Å²) in [5.41, 5.74) is -1.36. The number of ether oxygens (including phenoxy) is 2. The first-order valence-electron chi connectivity index (χ1n) is 8.66. The van der Waals surface area contributed by atoms with Gasteiger partial charge in [-0.15, -0.1) is 0 Å². The van der Waals surface area contributed by atoms with Crippen LogP contribution in [0.4, 0.5) is 17.6 Å². The second-order valence-corrected chi connectivity index (χ2v) is 6.99. The highest BCUT2D eigenvalue weighted by molar-refractivity contribution is 5.93. The molecule has 1 fully saturated rings. The van der Waals surface area contributed by atoms with Crippen molar-refractivity contribution >= 4 is 5.91 Å². The Morgan fingerprint density at radius 3 is 2.64 bits per heavy atom. The Morgan fingerprint density at radius 2 is 2.00 bits per heavy atom. The van der Waals surface area contributed by atoms with Gasteiger partial charge in [-0.2, -0.15) is 18.3 Å². The monoisotopic (exact) mass is 399 g/mol. The van der Waals surface area contributed by atoms with Crippen molar-refractivity contribution in [3.8, 4) is 5.75 Å². The highest BCUT2D eigenvalue weighted by Gasteiger charge is 2.61. The molecule has 0 unspecified atom stereocenters. The van der Waals surface area contributed by atoms with Crippen LogP contribution in [0.25, 0.3) is 0 Å². The van der Waals surface area contributed by atoms with Crippen LogP contribution in [0.5, 0.6) is 5.75 Å². The number of hydrogen-bond acceptors (Lipinski definition) is 4. The van der Waals surface area contributed by atoms with Crippen LogP contribution in [-0.4, -0.2) is 53.1 Å². The number of aromatic nitrogens is 2. The minimum Gasteiger partial charge on any atom is -0.487 e. The Morgan fingerprint density at radius 1 is 1.21 bits per heavy atom. The highest BCUT2D eigenvalue weighted by atomic mass is 19.4. The molecule has 1 aromatic heterocycles. The number of amides is 1. The quantitative estimate of drug-likeness (QED) is 0.726. The number of nitrogens with zero attached hydrogens (tertiary/aromatic N) is 3. The lowest BCUT2D eigenvalue weighted by Crippen LogP contribution is -2.61. The molecule has 10 heteroatoms. The Bertz CT molecular complexity index is 892. The van der Waals surface area contributed by atoms with Crippen molar-refractivity contribution in [1.82, 2.24) is 14.7 Å². The maximum Gasteiger partial charge on any atom is 0.400 e. The molecule has 0 spiro atoms. The van der Waals surface area contributed by atoms with E-state index in [2.05, 4.69) is 5.10 Å². The first-order chi connectivity index (χ1) is 13.3. The third-order valence-corrected chi connectivity index (χ3v) is 4.95. The third-order valence-electron chi connectivity index (χ3n) is 4.95. The Kier molecular flexibility index (Phi) is 4.53. The van der Waals surface area contributed by atoms with E-state index in [1.54, 1.807) is 6.07 Å². The maximum atomic E-state index is 13.3. The summed E-state index contributed by atoms with van der Waals surface area (Å²) in [4.78, 5) is 13.9. The number of carbonyl (C=O) groups is 1. The molecule has 6 nitrogen and oxygen atoms in total. The normalized spacial score (nSPS) is 18.6. The predicted molar refractivity (Wildman–Crippen MR) is 88.2 cm³/mol. The Balaban J connectivity index is 1.45. The van der Waals surface area contributed by atoms with E-state index in [1.807, 2.05) is 0 Å². The van der Waals surface area contributed by atoms with E-state index in [1.165, 1.54) is 33.8 Å². The van der Waals surface area contributed by atoms with Crippen LogP contribution < -0.4 is 4.74 Å². The summed E-state index contributed by atoms with van der Waals surface area (Å²) >= 11 is 0. The lowest BCUT2D eigenvalue weighted by molar-refractivity contribution is -0.305. The van der Waals surface area contributed by atoms with E-state index in [9.17, 15) is 22.4 Å². The summed E-state index contributed by atoms with van der Waals surface area (Å²) in [5, 5.41) is 4.26.